The molecular weight excluding hydrogens is 366 g/mol. The normalized spacial score (nSPS) is 24.1. The molecule has 1 aromatic carbocycles. The quantitative estimate of drug-likeness (QED) is 0.536. The first-order valence-electron chi connectivity index (χ1n) is 9.19. The number of nitrogens with one attached hydrogen (secondary N) is 3. The van der Waals surface area contributed by atoms with E-state index in [1.807, 2.05) is 12.1 Å². The van der Waals surface area contributed by atoms with E-state index in [2.05, 4.69) is 50.2 Å². The lowest BCUT2D eigenvalue weighted by Gasteiger charge is -2.35. The molecule has 5 nitrogen and oxygen atoms in total. The Morgan fingerprint density at radius 2 is 1.73 bits per heavy atom. The van der Waals surface area contributed by atoms with Crippen molar-refractivity contribution in [3.8, 4) is 0 Å². The average molecular weight is 398 g/mol. The molecule has 146 valence electrons. The Hall–Kier alpha value is -1.18. The van der Waals surface area contributed by atoms with Crippen molar-refractivity contribution in [1.29, 1.82) is 0 Å². The second-order valence-corrected chi connectivity index (χ2v) is 10.4. The van der Waals surface area contributed by atoms with Gasteiger partial charge in [0.15, 0.2) is 5.11 Å². The van der Waals surface area contributed by atoms with Gasteiger partial charge in [0.25, 0.3) is 10.0 Å². The smallest absolute Gasteiger partial charge is 0.257 e. The van der Waals surface area contributed by atoms with Crippen LogP contribution in [-0.4, -0.2) is 19.6 Å². The third-order valence-corrected chi connectivity index (χ3v) is 6.84. The highest BCUT2D eigenvalue weighted by molar-refractivity contribution is 7.89. The minimum Gasteiger partial charge on any atom is -0.359 e. The minimum absolute atomic E-state index is 0.0206. The molecule has 0 spiro atoms. The average Bonchev–Trinajstić information content (AvgIpc) is 2.57. The fourth-order valence-electron chi connectivity index (χ4n) is 3.30. The summed E-state index contributed by atoms with van der Waals surface area (Å²) in [4.78, 5) is 2.58. The van der Waals surface area contributed by atoms with E-state index < -0.39 is 10.0 Å². The summed E-state index contributed by atoms with van der Waals surface area (Å²) in [5.74, 6) is 1.15. The van der Waals surface area contributed by atoms with E-state index in [1.54, 1.807) is 12.1 Å². The van der Waals surface area contributed by atoms with E-state index in [4.69, 9.17) is 12.2 Å². The van der Waals surface area contributed by atoms with Crippen LogP contribution in [0.4, 0.5) is 0 Å². The standard InChI is InChI=1S/C19H31N3O2S2/c1-13-7-6-8-17(14(13)2)20-18(25)21-22-26(23,24)16-11-9-15(10-12-16)19(3,4)5/h9-14,17,22H,6-8H2,1-5H3,(H2,20,21,25)/t13-,14-,17-/m1/s1. The fraction of sp³-hybridized carbons (Fsp3) is 0.632. The van der Waals surface area contributed by atoms with Crippen molar-refractivity contribution >= 4 is 27.4 Å². The van der Waals surface area contributed by atoms with Gasteiger partial charge in [-0.1, -0.05) is 59.6 Å². The summed E-state index contributed by atoms with van der Waals surface area (Å²) < 4.78 is 24.9. The lowest BCUT2D eigenvalue weighted by atomic mass is 9.78. The molecule has 0 aliphatic heterocycles. The van der Waals surface area contributed by atoms with Crippen LogP contribution in [0.1, 0.15) is 59.4 Å². The highest BCUT2D eigenvalue weighted by Gasteiger charge is 2.27. The van der Waals surface area contributed by atoms with E-state index >= 15 is 0 Å². The highest BCUT2D eigenvalue weighted by Crippen LogP contribution is 2.29. The molecule has 26 heavy (non-hydrogen) atoms. The van der Waals surface area contributed by atoms with Crippen molar-refractivity contribution in [2.45, 2.75) is 70.2 Å². The molecule has 0 aromatic heterocycles. The molecule has 0 amide bonds. The van der Waals surface area contributed by atoms with Crippen molar-refractivity contribution in [1.82, 2.24) is 15.6 Å². The van der Waals surface area contributed by atoms with Crippen molar-refractivity contribution in [3.05, 3.63) is 29.8 Å². The van der Waals surface area contributed by atoms with Crippen LogP contribution >= 0.6 is 12.2 Å². The zero-order valence-electron chi connectivity index (χ0n) is 16.3. The number of rotatable bonds is 4. The maximum Gasteiger partial charge on any atom is 0.257 e. The van der Waals surface area contributed by atoms with Crippen molar-refractivity contribution in [2.24, 2.45) is 11.8 Å². The summed E-state index contributed by atoms with van der Waals surface area (Å²) in [6, 6.07) is 7.19. The van der Waals surface area contributed by atoms with Gasteiger partial charge >= 0.3 is 0 Å². The van der Waals surface area contributed by atoms with Crippen LogP contribution in [0.5, 0.6) is 0 Å². The summed E-state index contributed by atoms with van der Waals surface area (Å²) in [6.07, 6.45) is 3.45. The molecule has 1 fully saturated rings. The Morgan fingerprint density at radius 1 is 1.12 bits per heavy atom. The van der Waals surface area contributed by atoms with Gasteiger partial charge in [0.2, 0.25) is 0 Å². The zero-order chi connectivity index (χ0) is 19.5. The molecule has 0 saturated heterocycles. The van der Waals surface area contributed by atoms with Gasteiger partial charge in [-0.2, -0.15) is 0 Å². The molecule has 2 rings (SSSR count). The molecule has 1 aliphatic carbocycles. The van der Waals surface area contributed by atoms with Crippen LogP contribution in [0.3, 0.4) is 0 Å². The van der Waals surface area contributed by atoms with Gasteiger partial charge in [-0.3, -0.25) is 5.43 Å². The number of benzene rings is 1. The maximum atomic E-state index is 12.4. The molecule has 0 bridgehead atoms. The van der Waals surface area contributed by atoms with Crippen molar-refractivity contribution in [3.63, 3.8) is 0 Å². The monoisotopic (exact) mass is 397 g/mol. The Bertz CT molecular complexity index is 724. The van der Waals surface area contributed by atoms with Crippen LogP contribution in [0.25, 0.3) is 0 Å². The minimum atomic E-state index is -3.67. The fourth-order valence-corrected chi connectivity index (χ4v) is 4.41. The molecule has 0 radical (unpaired) electrons. The Kier molecular flexibility index (Phi) is 6.69. The van der Waals surface area contributed by atoms with Gasteiger partial charge < -0.3 is 5.32 Å². The molecule has 3 N–H and O–H groups in total. The summed E-state index contributed by atoms with van der Waals surface area (Å²) >= 11 is 5.26. The van der Waals surface area contributed by atoms with Gasteiger partial charge in [0.1, 0.15) is 0 Å². The van der Waals surface area contributed by atoms with E-state index in [9.17, 15) is 8.42 Å². The first kappa shape index (κ1) is 21.1. The number of thiocarbonyl (C=S) groups is 1. The second-order valence-electron chi connectivity index (χ2n) is 8.35. The van der Waals surface area contributed by atoms with Gasteiger partial charge in [-0.05, 0) is 53.6 Å². The SMILES string of the molecule is C[C@@H]1[C@H](C)CCC[C@H]1NC(=S)NNS(=O)(=O)c1ccc(C(C)(C)C)cc1. The van der Waals surface area contributed by atoms with E-state index in [0.717, 1.165) is 18.4 Å². The third-order valence-electron chi connectivity index (χ3n) is 5.35. The molecule has 3 atom stereocenters. The predicted molar refractivity (Wildman–Crippen MR) is 110 cm³/mol. The van der Waals surface area contributed by atoms with Crippen LogP contribution in [0.2, 0.25) is 0 Å². The molecule has 7 heteroatoms. The van der Waals surface area contributed by atoms with E-state index in [0.29, 0.717) is 16.9 Å². The first-order valence-corrected chi connectivity index (χ1v) is 11.1. The van der Waals surface area contributed by atoms with Crippen molar-refractivity contribution < 1.29 is 8.42 Å². The number of hydrogen-bond acceptors (Lipinski definition) is 3. The lowest BCUT2D eigenvalue weighted by Crippen LogP contribution is -2.52. The van der Waals surface area contributed by atoms with E-state index in [-0.39, 0.29) is 16.4 Å². The van der Waals surface area contributed by atoms with E-state index in [1.165, 1.54) is 6.42 Å². The zero-order valence-corrected chi connectivity index (χ0v) is 17.9. The Balaban J connectivity index is 1.94. The van der Waals surface area contributed by atoms with Gasteiger partial charge in [-0.25, -0.2) is 8.42 Å². The summed E-state index contributed by atoms with van der Waals surface area (Å²) in [5, 5.41) is 3.56. The van der Waals surface area contributed by atoms with Gasteiger partial charge in [-0.15, -0.1) is 4.83 Å². The van der Waals surface area contributed by atoms with Crippen LogP contribution < -0.4 is 15.6 Å². The molecule has 1 saturated carbocycles. The van der Waals surface area contributed by atoms with Crippen LogP contribution in [0.15, 0.2) is 29.2 Å². The molecule has 0 unspecified atom stereocenters. The third kappa shape index (κ3) is 5.41. The molecule has 1 aromatic rings. The maximum absolute atomic E-state index is 12.4. The lowest BCUT2D eigenvalue weighted by molar-refractivity contribution is 0.224. The summed E-state index contributed by atoms with van der Waals surface area (Å²) in [7, 11) is -3.67. The second kappa shape index (κ2) is 8.23. The topological polar surface area (TPSA) is 70.2 Å². The van der Waals surface area contributed by atoms with Gasteiger partial charge in [0, 0.05) is 6.04 Å². The predicted octanol–water partition coefficient (Wildman–Crippen LogP) is 3.47. The molecule has 1 aliphatic rings. The van der Waals surface area contributed by atoms with Crippen LogP contribution in [0, 0.1) is 11.8 Å². The summed E-state index contributed by atoms with van der Waals surface area (Å²) in [5.41, 5.74) is 3.70. The number of sulfonamides is 1. The number of hydrazine groups is 1. The Morgan fingerprint density at radius 3 is 2.31 bits per heavy atom. The van der Waals surface area contributed by atoms with Gasteiger partial charge in [0.05, 0.1) is 4.90 Å². The van der Waals surface area contributed by atoms with Crippen molar-refractivity contribution in [2.75, 3.05) is 0 Å². The number of hydrogen-bond donors (Lipinski definition) is 3. The highest BCUT2D eigenvalue weighted by atomic mass is 32.2. The first-order chi connectivity index (χ1) is 12.0. The van der Waals surface area contributed by atoms with Crippen LogP contribution in [-0.2, 0) is 15.4 Å². The Labute approximate surface area is 163 Å². The summed E-state index contributed by atoms with van der Waals surface area (Å²) in [6.45, 7) is 10.7. The molecule has 0 heterocycles. The molecular formula is C19H31N3O2S2. The largest absolute Gasteiger partial charge is 0.359 e.